The van der Waals surface area contributed by atoms with E-state index in [9.17, 15) is 0 Å². The molecule has 136 valence electrons. The van der Waals surface area contributed by atoms with Crippen molar-refractivity contribution in [2.24, 2.45) is 10.9 Å². The highest BCUT2D eigenvalue weighted by molar-refractivity contribution is 5.97. The van der Waals surface area contributed by atoms with Crippen LogP contribution in [0.2, 0.25) is 0 Å². The van der Waals surface area contributed by atoms with E-state index in [0.717, 1.165) is 45.1 Å². The normalized spacial score (nSPS) is 19.7. The number of para-hydroxylation sites is 2. The van der Waals surface area contributed by atoms with E-state index in [-0.39, 0.29) is 0 Å². The van der Waals surface area contributed by atoms with Crippen molar-refractivity contribution in [2.45, 2.75) is 19.8 Å². The molecule has 1 N–H and O–H groups in total. The van der Waals surface area contributed by atoms with Crippen LogP contribution in [0.3, 0.4) is 0 Å². The Balaban J connectivity index is 1.43. The van der Waals surface area contributed by atoms with Crippen molar-refractivity contribution in [1.82, 2.24) is 5.32 Å². The molecular weight excluding hydrogens is 320 g/mol. The van der Waals surface area contributed by atoms with Gasteiger partial charge in [-0.2, -0.15) is 0 Å². The summed E-state index contributed by atoms with van der Waals surface area (Å²) < 4.78 is 0. The molecule has 2 aromatic carbocycles. The third-order valence-corrected chi connectivity index (χ3v) is 5.38. The zero-order valence-electron chi connectivity index (χ0n) is 15.6. The Hall–Kier alpha value is -2.49. The minimum Gasteiger partial charge on any atom is -0.371 e. The fraction of sp³-hybridized carbons (Fsp3) is 0.409. The SMILES string of the molecule is CCNC(=NCC1CCN(c2ccccc2)C1)N1CCc2ccccc21. The zero-order valence-corrected chi connectivity index (χ0v) is 15.6. The Kier molecular flexibility index (Phi) is 5.09. The van der Waals surface area contributed by atoms with Crippen LogP contribution in [0.5, 0.6) is 0 Å². The summed E-state index contributed by atoms with van der Waals surface area (Å²) in [6.07, 6.45) is 2.32. The maximum absolute atomic E-state index is 5.01. The van der Waals surface area contributed by atoms with Gasteiger partial charge in [0, 0.05) is 44.1 Å². The lowest BCUT2D eigenvalue weighted by Crippen LogP contribution is -2.41. The molecule has 2 aromatic rings. The number of benzene rings is 2. The molecule has 1 saturated heterocycles. The quantitative estimate of drug-likeness (QED) is 0.677. The van der Waals surface area contributed by atoms with E-state index in [1.54, 1.807) is 0 Å². The monoisotopic (exact) mass is 348 g/mol. The van der Waals surface area contributed by atoms with Crippen molar-refractivity contribution in [3.05, 3.63) is 60.2 Å². The van der Waals surface area contributed by atoms with Crippen LogP contribution in [0.25, 0.3) is 0 Å². The Morgan fingerprint density at radius 1 is 1.08 bits per heavy atom. The number of rotatable bonds is 4. The molecule has 0 aromatic heterocycles. The first-order valence-electron chi connectivity index (χ1n) is 9.79. The summed E-state index contributed by atoms with van der Waals surface area (Å²) in [4.78, 5) is 9.84. The predicted molar refractivity (Wildman–Crippen MR) is 110 cm³/mol. The van der Waals surface area contributed by atoms with Gasteiger partial charge >= 0.3 is 0 Å². The lowest BCUT2D eigenvalue weighted by molar-refractivity contribution is 0.601. The topological polar surface area (TPSA) is 30.9 Å². The molecule has 4 heteroatoms. The molecule has 0 radical (unpaired) electrons. The van der Waals surface area contributed by atoms with Crippen molar-refractivity contribution in [3.63, 3.8) is 0 Å². The van der Waals surface area contributed by atoms with Gasteiger partial charge in [0.1, 0.15) is 0 Å². The molecule has 2 aliphatic rings. The maximum atomic E-state index is 5.01. The second-order valence-corrected chi connectivity index (χ2v) is 7.16. The third-order valence-electron chi connectivity index (χ3n) is 5.38. The van der Waals surface area contributed by atoms with Gasteiger partial charge in [-0.3, -0.25) is 4.99 Å². The summed E-state index contributed by atoms with van der Waals surface area (Å²) in [5.74, 6) is 1.66. The molecule has 2 aliphatic heterocycles. The van der Waals surface area contributed by atoms with Crippen molar-refractivity contribution in [2.75, 3.05) is 42.5 Å². The van der Waals surface area contributed by atoms with Gasteiger partial charge in [-0.1, -0.05) is 36.4 Å². The largest absolute Gasteiger partial charge is 0.371 e. The number of guanidine groups is 1. The maximum Gasteiger partial charge on any atom is 0.198 e. The van der Waals surface area contributed by atoms with E-state index < -0.39 is 0 Å². The molecule has 0 saturated carbocycles. The summed E-state index contributed by atoms with van der Waals surface area (Å²) in [7, 11) is 0. The van der Waals surface area contributed by atoms with E-state index >= 15 is 0 Å². The van der Waals surface area contributed by atoms with Crippen molar-refractivity contribution in [1.29, 1.82) is 0 Å². The molecule has 26 heavy (non-hydrogen) atoms. The highest BCUT2D eigenvalue weighted by Crippen LogP contribution is 2.28. The molecule has 2 heterocycles. The minimum atomic E-state index is 0.627. The van der Waals surface area contributed by atoms with Gasteiger partial charge in [-0.15, -0.1) is 0 Å². The van der Waals surface area contributed by atoms with Crippen molar-refractivity contribution < 1.29 is 0 Å². The number of hydrogen-bond donors (Lipinski definition) is 1. The lowest BCUT2D eigenvalue weighted by atomic mass is 10.1. The Bertz CT molecular complexity index is 756. The number of aliphatic imine (C=N–C) groups is 1. The molecule has 4 nitrogen and oxygen atoms in total. The van der Waals surface area contributed by atoms with Gasteiger partial charge in [0.25, 0.3) is 0 Å². The smallest absolute Gasteiger partial charge is 0.198 e. The highest BCUT2D eigenvalue weighted by atomic mass is 15.3. The number of anilines is 2. The molecule has 0 aliphatic carbocycles. The fourth-order valence-electron chi connectivity index (χ4n) is 4.02. The van der Waals surface area contributed by atoms with Crippen LogP contribution >= 0.6 is 0 Å². The summed E-state index contributed by atoms with van der Waals surface area (Å²) in [5.41, 5.74) is 4.07. The minimum absolute atomic E-state index is 0.627. The fourth-order valence-corrected chi connectivity index (χ4v) is 4.02. The molecule has 0 amide bonds. The number of nitrogens with one attached hydrogen (secondary N) is 1. The Labute approximate surface area is 156 Å². The van der Waals surface area contributed by atoms with Gasteiger partial charge < -0.3 is 15.1 Å². The molecule has 0 bridgehead atoms. The van der Waals surface area contributed by atoms with Crippen LogP contribution in [-0.2, 0) is 6.42 Å². The van der Waals surface area contributed by atoms with Gasteiger partial charge in [-0.05, 0) is 49.4 Å². The van der Waals surface area contributed by atoms with Gasteiger partial charge in [-0.25, -0.2) is 0 Å². The number of hydrogen-bond acceptors (Lipinski definition) is 2. The van der Waals surface area contributed by atoms with Crippen LogP contribution in [-0.4, -0.2) is 38.7 Å². The van der Waals surface area contributed by atoms with Crippen molar-refractivity contribution in [3.8, 4) is 0 Å². The van der Waals surface area contributed by atoms with Crippen LogP contribution in [0.4, 0.5) is 11.4 Å². The highest BCUT2D eigenvalue weighted by Gasteiger charge is 2.25. The summed E-state index contributed by atoms with van der Waals surface area (Å²) in [6.45, 7) is 7.19. The van der Waals surface area contributed by atoms with Crippen molar-refractivity contribution >= 4 is 17.3 Å². The van der Waals surface area contributed by atoms with Crippen LogP contribution in [0.15, 0.2) is 59.6 Å². The number of nitrogens with zero attached hydrogens (tertiary/aromatic N) is 3. The van der Waals surface area contributed by atoms with Gasteiger partial charge in [0.15, 0.2) is 5.96 Å². The Morgan fingerprint density at radius 3 is 2.73 bits per heavy atom. The molecule has 1 atom stereocenters. The average Bonchev–Trinajstić information content (AvgIpc) is 3.33. The summed E-state index contributed by atoms with van der Waals surface area (Å²) in [5, 5.41) is 3.49. The van der Waals surface area contributed by atoms with E-state index in [1.165, 1.54) is 23.4 Å². The molecule has 1 unspecified atom stereocenters. The number of fused-ring (bicyclic) bond motifs is 1. The zero-order chi connectivity index (χ0) is 17.8. The van der Waals surface area contributed by atoms with Crippen LogP contribution in [0, 0.1) is 5.92 Å². The second-order valence-electron chi connectivity index (χ2n) is 7.16. The van der Waals surface area contributed by atoms with Gasteiger partial charge in [0.2, 0.25) is 0 Å². The Morgan fingerprint density at radius 2 is 1.88 bits per heavy atom. The summed E-state index contributed by atoms with van der Waals surface area (Å²) in [6, 6.07) is 19.4. The molecule has 1 fully saturated rings. The summed E-state index contributed by atoms with van der Waals surface area (Å²) >= 11 is 0. The standard InChI is InChI=1S/C22H28N4/c1-2-23-22(26-15-13-19-8-6-7-11-21(19)26)24-16-18-12-14-25(17-18)20-9-4-3-5-10-20/h3-11,18H,2,12-17H2,1H3,(H,23,24). The molecule has 4 rings (SSSR count). The van der Waals surface area contributed by atoms with E-state index in [0.29, 0.717) is 5.92 Å². The van der Waals surface area contributed by atoms with E-state index in [1.807, 2.05) is 0 Å². The molecular formula is C22H28N4. The third kappa shape index (κ3) is 3.55. The van der Waals surface area contributed by atoms with Crippen LogP contribution in [0.1, 0.15) is 18.9 Å². The van der Waals surface area contributed by atoms with Gasteiger partial charge in [0.05, 0.1) is 0 Å². The van der Waals surface area contributed by atoms with Crippen LogP contribution < -0.4 is 15.1 Å². The first-order chi connectivity index (χ1) is 12.8. The first kappa shape index (κ1) is 17.0. The van der Waals surface area contributed by atoms with E-state index in [4.69, 9.17) is 4.99 Å². The predicted octanol–water partition coefficient (Wildman–Crippen LogP) is 3.54. The lowest BCUT2D eigenvalue weighted by Gasteiger charge is -2.23. The average molecular weight is 348 g/mol. The van der Waals surface area contributed by atoms with E-state index in [2.05, 4.69) is 76.6 Å². The second kappa shape index (κ2) is 7.81. The molecule has 0 spiro atoms. The first-order valence-corrected chi connectivity index (χ1v) is 9.79.